The van der Waals surface area contributed by atoms with Gasteiger partial charge in [-0.15, -0.1) is 10.1 Å². The number of rotatable bonds is 13. The number of esters is 1. The van der Waals surface area contributed by atoms with Crippen molar-refractivity contribution in [2.75, 3.05) is 13.2 Å². The Balaban J connectivity index is 4.08. The first-order valence-corrected chi connectivity index (χ1v) is 7.91. The molecular formula is C15H26N2O7. The number of aliphatic hydroxyl groups excluding tert-OH is 1. The van der Waals surface area contributed by atoms with Crippen molar-refractivity contribution in [2.24, 2.45) is 0 Å². The van der Waals surface area contributed by atoms with E-state index in [2.05, 4.69) is 10.2 Å². The molecule has 0 aromatic carbocycles. The molecule has 0 aromatic heterocycles. The maximum atomic E-state index is 11.9. The molecule has 0 aromatic rings. The molecule has 0 aliphatic carbocycles. The number of ether oxygens (including phenoxy) is 1. The van der Waals surface area contributed by atoms with E-state index in [0.717, 1.165) is 6.42 Å². The van der Waals surface area contributed by atoms with Crippen molar-refractivity contribution in [3.63, 3.8) is 0 Å². The number of aliphatic hydroxyl groups is 1. The van der Waals surface area contributed by atoms with Gasteiger partial charge in [0.25, 0.3) is 5.09 Å². The molecule has 24 heavy (non-hydrogen) atoms. The van der Waals surface area contributed by atoms with Crippen molar-refractivity contribution in [2.45, 2.75) is 58.1 Å². The molecule has 0 heterocycles. The Bertz CT molecular complexity index is 424. The Morgan fingerprint density at radius 3 is 2.54 bits per heavy atom. The van der Waals surface area contributed by atoms with Gasteiger partial charge in [0.1, 0.15) is 0 Å². The molecule has 0 fully saturated rings. The van der Waals surface area contributed by atoms with Gasteiger partial charge in [0, 0.05) is 6.42 Å². The summed E-state index contributed by atoms with van der Waals surface area (Å²) < 4.78 is 4.97. The van der Waals surface area contributed by atoms with Crippen LogP contribution in [0.1, 0.15) is 46.0 Å². The summed E-state index contributed by atoms with van der Waals surface area (Å²) in [5.41, 5.74) is 0. The van der Waals surface area contributed by atoms with Crippen LogP contribution in [0.4, 0.5) is 0 Å². The van der Waals surface area contributed by atoms with Gasteiger partial charge in [0.15, 0.2) is 6.04 Å². The monoisotopic (exact) mass is 346 g/mol. The van der Waals surface area contributed by atoms with Crippen molar-refractivity contribution < 1.29 is 29.4 Å². The lowest BCUT2D eigenvalue weighted by Gasteiger charge is -2.20. The van der Waals surface area contributed by atoms with Gasteiger partial charge in [-0.2, -0.15) is 0 Å². The average Bonchev–Trinajstić information content (AvgIpc) is 2.51. The van der Waals surface area contributed by atoms with Crippen molar-refractivity contribution in [1.29, 1.82) is 0 Å². The summed E-state index contributed by atoms with van der Waals surface area (Å²) in [6.45, 7) is 3.23. The van der Waals surface area contributed by atoms with Gasteiger partial charge in [-0.1, -0.05) is 12.2 Å². The smallest absolute Gasteiger partial charge is 0.331 e. The highest BCUT2D eigenvalue weighted by molar-refractivity contribution is 5.84. The van der Waals surface area contributed by atoms with Crippen LogP contribution in [0.2, 0.25) is 0 Å². The fourth-order valence-electron chi connectivity index (χ4n) is 1.77. The highest BCUT2D eigenvalue weighted by Crippen LogP contribution is 2.02. The van der Waals surface area contributed by atoms with Crippen LogP contribution in [0.25, 0.3) is 0 Å². The van der Waals surface area contributed by atoms with Crippen molar-refractivity contribution in [3.05, 3.63) is 22.3 Å². The number of allylic oxidation sites excluding steroid dienone is 2. The van der Waals surface area contributed by atoms with E-state index in [1.54, 1.807) is 0 Å². The zero-order chi connectivity index (χ0) is 18.4. The second-order valence-electron chi connectivity index (χ2n) is 5.18. The van der Waals surface area contributed by atoms with Gasteiger partial charge >= 0.3 is 5.97 Å². The minimum absolute atomic E-state index is 0.0281. The topological polar surface area (TPSA) is 128 Å². The van der Waals surface area contributed by atoms with Gasteiger partial charge in [0.2, 0.25) is 5.91 Å². The van der Waals surface area contributed by atoms with Crippen LogP contribution < -0.4 is 5.32 Å². The van der Waals surface area contributed by atoms with Crippen molar-refractivity contribution >= 4 is 11.9 Å². The largest absolute Gasteiger partial charge is 0.464 e. The number of amides is 1. The van der Waals surface area contributed by atoms with E-state index < -0.39 is 23.2 Å². The summed E-state index contributed by atoms with van der Waals surface area (Å²) in [5, 5.41) is 21.1. The van der Waals surface area contributed by atoms with Crippen LogP contribution >= 0.6 is 0 Å². The molecule has 138 valence electrons. The molecule has 1 amide bonds. The molecule has 2 atom stereocenters. The van der Waals surface area contributed by atoms with Crippen LogP contribution in [-0.4, -0.2) is 47.4 Å². The summed E-state index contributed by atoms with van der Waals surface area (Å²) in [4.78, 5) is 37.7. The number of hydrogen-bond acceptors (Lipinski definition) is 7. The van der Waals surface area contributed by atoms with Gasteiger partial charge < -0.3 is 20.0 Å². The molecular weight excluding hydrogens is 320 g/mol. The van der Waals surface area contributed by atoms with Gasteiger partial charge in [-0.05, 0) is 39.5 Å². The van der Waals surface area contributed by atoms with E-state index in [0.29, 0.717) is 19.3 Å². The molecule has 0 spiro atoms. The number of carbonyl (C=O) groups excluding carboxylic acids is 2. The Hall–Kier alpha value is -2.16. The summed E-state index contributed by atoms with van der Waals surface area (Å²) >= 11 is 0. The Kier molecular flexibility index (Phi) is 12.1. The fourth-order valence-corrected chi connectivity index (χ4v) is 1.77. The third-order valence-corrected chi connectivity index (χ3v) is 3.04. The fraction of sp³-hybridized carbons (Fsp3) is 0.733. The normalized spacial score (nSPS) is 13.3. The molecule has 0 saturated carbocycles. The summed E-state index contributed by atoms with van der Waals surface area (Å²) in [5.74, 6) is -1.07. The van der Waals surface area contributed by atoms with E-state index >= 15 is 0 Å². The lowest BCUT2D eigenvalue weighted by molar-refractivity contribution is -0.757. The van der Waals surface area contributed by atoms with Crippen LogP contribution in [0, 0.1) is 10.1 Å². The lowest BCUT2D eigenvalue weighted by Crippen LogP contribution is -2.48. The molecule has 2 unspecified atom stereocenters. The quantitative estimate of drug-likeness (QED) is 0.168. The minimum Gasteiger partial charge on any atom is -0.464 e. The third-order valence-electron chi connectivity index (χ3n) is 3.04. The molecule has 0 saturated heterocycles. The number of nitrogens with zero attached hydrogens (tertiary/aromatic N) is 1. The SMILES string of the molecule is C/C=C\CCCC(=O)NC(C(=O)OCCCCO[N+](=O)[O-])C(C)O. The van der Waals surface area contributed by atoms with Crippen LogP contribution in [0.3, 0.4) is 0 Å². The van der Waals surface area contributed by atoms with E-state index in [9.17, 15) is 24.8 Å². The summed E-state index contributed by atoms with van der Waals surface area (Å²) in [6.07, 6.45) is 5.14. The Morgan fingerprint density at radius 2 is 1.96 bits per heavy atom. The number of unbranched alkanes of at least 4 members (excludes halogenated alkanes) is 2. The maximum Gasteiger partial charge on any atom is 0.331 e. The van der Waals surface area contributed by atoms with E-state index in [1.807, 2.05) is 19.1 Å². The lowest BCUT2D eigenvalue weighted by atomic mass is 10.1. The zero-order valence-corrected chi connectivity index (χ0v) is 14.1. The molecule has 9 heteroatoms. The minimum atomic E-state index is -1.13. The second kappa shape index (κ2) is 13.3. The van der Waals surface area contributed by atoms with E-state index in [4.69, 9.17) is 4.74 Å². The molecule has 9 nitrogen and oxygen atoms in total. The highest BCUT2D eigenvalue weighted by Gasteiger charge is 2.26. The number of carbonyl (C=O) groups is 2. The first-order chi connectivity index (χ1) is 11.4. The van der Waals surface area contributed by atoms with Gasteiger partial charge in [-0.25, -0.2) is 4.79 Å². The number of nitrogens with one attached hydrogen (secondary N) is 1. The van der Waals surface area contributed by atoms with E-state index in [-0.39, 0.29) is 25.5 Å². The van der Waals surface area contributed by atoms with Crippen molar-refractivity contribution in [3.8, 4) is 0 Å². The molecule has 0 aliphatic rings. The predicted octanol–water partition coefficient (Wildman–Crippen LogP) is 1.13. The van der Waals surface area contributed by atoms with Crippen molar-refractivity contribution in [1.82, 2.24) is 5.32 Å². The van der Waals surface area contributed by atoms with Crippen LogP contribution in [0.15, 0.2) is 12.2 Å². The Labute approximate surface area is 141 Å². The second-order valence-corrected chi connectivity index (χ2v) is 5.18. The Morgan fingerprint density at radius 1 is 1.29 bits per heavy atom. The average molecular weight is 346 g/mol. The third kappa shape index (κ3) is 11.4. The van der Waals surface area contributed by atoms with E-state index in [1.165, 1.54) is 6.92 Å². The molecule has 2 N–H and O–H groups in total. The molecule has 0 bridgehead atoms. The molecule has 0 radical (unpaired) electrons. The van der Waals surface area contributed by atoms with Crippen LogP contribution in [-0.2, 0) is 19.2 Å². The summed E-state index contributed by atoms with van der Waals surface area (Å²) in [6, 6.07) is -1.13. The van der Waals surface area contributed by atoms with Crippen LogP contribution in [0.5, 0.6) is 0 Å². The number of hydrogen-bond donors (Lipinski definition) is 2. The van der Waals surface area contributed by atoms with Gasteiger partial charge in [0.05, 0.1) is 19.3 Å². The molecule has 0 aliphatic heterocycles. The summed E-state index contributed by atoms with van der Waals surface area (Å²) in [7, 11) is 0. The first kappa shape index (κ1) is 21.8. The molecule has 0 rings (SSSR count). The standard InChI is InChI=1S/C15H26N2O7/c1-3-4-5-6-9-13(19)16-14(12(2)18)15(20)23-10-7-8-11-24-17(21)22/h3-4,12,14,18H,5-11H2,1-2H3,(H,16,19)/b4-3-. The first-order valence-electron chi connectivity index (χ1n) is 7.91. The predicted molar refractivity (Wildman–Crippen MR) is 85.4 cm³/mol. The highest BCUT2D eigenvalue weighted by atomic mass is 16.9. The maximum absolute atomic E-state index is 11.9. The van der Waals surface area contributed by atoms with Gasteiger partial charge in [-0.3, -0.25) is 4.79 Å². The zero-order valence-electron chi connectivity index (χ0n) is 14.1.